The van der Waals surface area contributed by atoms with Crippen molar-refractivity contribution in [1.29, 1.82) is 0 Å². The summed E-state index contributed by atoms with van der Waals surface area (Å²) in [5.41, 5.74) is -4.67. The molecule has 0 bridgehead atoms. The lowest BCUT2D eigenvalue weighted by Crippen LogP contribution is -2.28. The molecule has 0 unspecified atom stereocenters. The number of ether oxygens (including phenoxy) is 1. The molecule has 2 rings (SSSR count). The van der Waals surface area contributed by atoms with Gasteiger partial charge in [0.05, 0.1) is 12.2 Å². The van der Waals surface area contributed by atoms with Crippen molar-refractivity contribution in [2.75, 3.05) is 6.61 Å². The molecule has 0 N–H and O–H groups in total. The predicted octanol–water partition coefficient (Wildman–Crippen LogP) is 6.42. The molecule has 0 atom stereocenters. The zero-order valence-electron chi connectivity index (χ0n) is 20.6. The van der Waals surface area contributed by atoms with Crippen LogP contribution in [0.3, 0.4) is 0 Å². The summed E-state index contributed by atoms with van der Waals surface area (Å²) in [4.78, 5) is 12.1. The Bertz CT molecular complexity index is 1150. The lowest BCUT2D eigenvalue weighted by Gasteiger charge is -2.32. The maximum atomic E-state index is 12.8. The minimum Gasteiger partial charge on any atom is -0.462 e. The van der Waals surface area contributed by atoms with Gasteiger partial charge in [-0.1, -0.05) is 45.3 Å². The van der Waals surface area contributed by atoms with E-state index in [1.165, 1.54) is 12.2 Å². The molecular formula is C25H31F3O5SSi. The van der Waals surface area contributed by atoms with E-state index in [0.717, 1.165) is 6.04 Å². The van der Waals surface area contributed by atoms with Crippen LogP contribution in [0.5, 0.6) is 0 Å². The van der Waals surface area contributed by atoms with Crippen LogP contribution in [0.25, 0.3) is 0 Å². The van der Waals surface area contributed by atoms with Gasteiger partial charge < -0.3 is 8.92 Å². The smallest absolute Gasteiger partial charge is 0.462 e. The van der Waals surface area contributed by atoms with Gasteiger partial charge in [-0.25, -0.2) is 4.79 Å². The fourth-order valence-corrected chi connectivity index (χ4v) is 4.64. The molecule has 0 aliphatic heterocycles. The van der Waals surface area contributed by atoms with Gasteiger partial charge in [-0.05, 0) is 66.3 Å². The van der Waals surface area contributed by atoms with Gasteiger partial charge in [0.25, 0.3) is 0 Å². The molecule has 0 radical (unpaired) electrons. The first-order valence-electron chi connectivity index (χ1n) is 11.2. The van der Waals surface area contributed by atoms with Crippen molar-refractivity contribution in [2.24, 2.45) is 5.41 Å². The number of alkyl halides is 3. The van der Waals surface area contributed by atoms with Crippen molar-refractivity contribution in [3.63, 3.8) is 0 Å². The number of hydrogen-bond acceptors (Lipinski definition) is 5. The lowest BCUT2D eigenvalue weighted by molar-refractivity contribution is -0.0525. The van der Waals surface area contributed by atoms with Gasteiger partial charge in [-0.3, -0.25) is 0 Å². The summed E-state index contributed by atoms with van der Waals surface area (Å²) in [5.74, 6) is 5.07. The molecule has 35 heavy (non-hydrogen) atoms. The van der Waals surface area contributed by atoms with Gasteiger partial charge in [0, 0.05) is 20.1 Å². The summed E-state index contributed by atoms with van der Waals surface area (Å²) in [6, 6.07) is 7.46. The molecular weight excluding hydrogens is 497 g/mol. The second kappa shape index (κ2) is 11.0. The van der Waals surface area contributed by atoms with Crippen LogP contribution in [0.4, 0.5) is 13.2 Å². The standard InChI is InChI=1S/C25H31F3O5SSi/c1-24(2)16-8-11-22(33-34(30,31)25(26,27)28)21(24)10-7-6-9-19-12-14-20(15-13-19)23(29)32-17-18-35(3,4)5/h7,10,12-15H,8,11,16-18H2,1-5H3/b10-7+. The summed E-state index contributed by atoms with van der Waals surface area (Å²) < 4.78 is 71.2. The van der Waals surface area contributed by atoms with Crippen LogP contribution < -0.4 is 0 Å². The van der Waals surface area contributed by atoms with Gasteiger partial charge in [0.1, 0.15) is 5.76 Å². The zero-order valence-corrected chi connectivity index (χ0v) is 22.4. The largest absolute Gasteiger partial charge is 0.534 e. The summed E-state index contributed by atoms with van der Waals surface area (Å²) in [5, 5.41) is 0. The highest BCUT2D eigenvalue weighted by Crippen LogP contribution is 2.42. The molecule has 0 saturated heterocycles. The van der Waals surface area contributed by atoms with Gasteiger partial charge in [0.15, 0.2) is 0 Å². The van der Waals surface area contributed by atoms with Crippen molar-refractivity contribution >= 4 is 24.2 Å². The van der Waals surface area contributed by atoms with Gasteiger partial charge in [-0.2, -0.15) is 21.6 Å². The Hall–Kier alpha value is -2.51. The van der Waals surface area contributed by atoms with E-state index in [4.69, 9.17) is 4.74 Å². The first-order valence-corrected chi connectivity index (χ1v) is 16.3. The molecule has 1 aliphatic rings. The van der Waals surface area contributed by atoms with Gasteiger partial charge in [-0.15, -0.1) is 0 Å². The van der Waals surface area contributed by atoms with Crippen molar-refractivity contribution in [3.05, 3.63) is 58.9 Å². The first-order chi connectivity index (χ1) is 16.0. The SMILES string of the molecule is CC1(C)CCCC(OS(=O)(=O)C(F)(F)F)=C1/C=C/C#Cc1ccc(C(=O)OCC[Si](C)(C)C)cc1. The second-order valence-corrected chi connectivity index (χ2v) is 17.3. The van der Waals surface area contributed by atoms with Gasteiger partial charge in [0.2, 0.25) is 0 Å². The number of esters is 1. The molecule has 10 heteroatoms. The third-order valence-electron chi connectivity index (χ3n) is 5.48. The van der Waals surface area contributed by atoms with E-state index in [-0.39, 0.29) is 12.2 Å². The van der Waals surface area contributed by atoms with Gasteiger partial charge >= 0.3 is 21.6 Å². The average molecular weight is 529 g/mol. The van der Waals surface area contributed by atoms with Crippen molar-refractivity contribution in [1.82, 2.24) is 0 Å². The van der Waals surface area contributed by atoms with Crippen LogP contribution in [0.1, 0.15) is 49.0 Å². The number of rotatable bonds is 7. The van der Waals surface area contributed by atoms with Crippen LogP contribution in [-0.4, -0.2) is 34.6 Å². The van der Waals surface area contributed by atoms with E-state index in [1.54, 1.807) is 24.3 Å². The average Bonchev–Trinajstić information content (AvgIpc) is 2.70. The van der Waals surface area contributed by atoms with Crippen LogP contribution in [-0.2, 0) is 19.0 Å². The normalized spacial score (nSPS) is 16.6. The third kappa shape index (κ3) is 8.58. The fourth-order valence-electron chi connectivity index (χ4n) is 3.40. The molecule has 0 aromatic heterocycles. The number of hydrogen-bond donors (Lipinski definition) is 0. The summed E-state index contributed by atoms with van der Waals surface area (Å²) in [7, 11) is -7.03. The van der Waals surface area contributed by atoms with E-state index < -0.39 is 35.1 Å². The Balaban J connectivity index is 2.14. The Labute approximate surface area is 206 Å². The van der Waals surface area contributed by atoms with Crippen molar-refractivity contribution < 1.29 is 35.3 Å². The van der Waals surface area contributed by atoms with E-state index >= 15 is 0 Å². The highest BCUT2D eigenvalue weighted by Gasteiger charge is 2.49. The number of benzene rings is 1. The molecule has 1 aromatic rings. The number of allylic oxidation sites excluding steroid dienone is 4. The minimum atomic E-state index is -5.74. The maximum Gasteiger partial charge on any atom is 0.534 e. The minimum absolute atomic E-state index is 0.0847. The van der Waals surface area contributed by atoms with Crippen LogP contribution in [0, 0.1) is 17.3 Å². The number of halogens is 3. The maximum absolute atomic E-state index is 12.8. The Morgan fingerprint density at radius 3 is 2.37 bits per heavy atom. The molecule has 0 amide bonds. The van der Waals surface area contributed by atoms with E-state index in [1.807, 2.05) is 13.8 Å². The number of carbonyl (C=O) groups is 1. The molecule has 1 aromatic carbocycles. The molecule has 5 nitrogen and oxygen atoms in total. The monoisotopic (exact) mass is 528 g/mol. The van der Waals surface area contributed by atoms with Crippen LogP contribution in [0.15, 0.2) is 47.7 Å². The second-order valence-electron chi connectivity index (χ2n) is 10.2. The third-order valence-corrected chi connectivity index (χ3v) is 8.18. The quantitative estimate of drug-likeness (QED) is 0.134. The van der Waals surface area contributed by atoms with E-state index in [0.29, 0.717) is 36.1 Å². The predicted molar refractivity (Wildman–Crippen MR) is 132 cm³/mol. The molecule has 0 heterocycles. The summed E-state index contributed by atoms with van der Waals surface area (Å²) in [6.45, 7) is 10.6. The Morgan fingerprint density at radius 2 is 1.80 bits per heavy atom. The lowest BCUT2D eigenvalue weighted by atomic mass is 9.75. The Kier molecular flexibility index (Phi) is 9.06. The molecule has 0 saturated carbocycles. The molecule has 192 valence electrons. The highest BCUT2D eigenvalue weighted by molar-refractivity contribution is 7.87. The summed E-state index contributed by atoms with van der Waals surface area (Å²) >= 11 is 0. The van der Waals surface area contributed by atoms with Crippen LogP contribution >= 0.6 is 0 Å². The topological polar surface area (TPSA) is 69.7 Å². The number of carbonyl (C=O) groups excluding carboxylic acids is 1. The van der Waals surface area contributed by atoms with Crippen molar-refractivity contribution in [2.45, 2.75) is 64.3 Å². The zero-order chi connectivity index (χ0) is 26.5. The first kappa shape index (κ1) is 28.7. The van der Waals surface area contributed by atoms with Crippen LogP contribution in [0.2, 0.25) is 25.7 Å². The van der Waals surface area contributed by atoms with E-state index in [2.05, 4.69) is 35.7 Å². The fraction of sp³-hybridized carbons (Fsp3) is 0.480. The highest BCUT2D eigenvalue weighted by atomic mass is 32.2. The summed E-state index contributed by atoms with van der Waals surface area (Å²) in [6.07, 6.45) is 4.20. The Morgan fingerprint density at radius 1 is 1.17 bits per heavy atom. The molecule has 1 aliphatic carbocycles. The molecule has 0 fully saturated rings. The molecule has 0 spiro atoms. The van der Waals surface area contributed by atoms with Crippen molar-refractivity contribution in [3.8, 4) is 11.8 Å². The van der Waals surface area contributed by atoms with E-state index in [9.17, 15) is 26.4 Å².